The molecule has 19 heavy (non-hydrogen) atoms. The minimum Gasteiger partial charge on any atom is -0.397 e. The molecule has 3 heterocycles. The van der Waals surface area contributed by atoms with Crippen LogP contribution in [0.15, 0.2) is 22.9 Å². The fourth-order valence-electron chi connectivity index (χ4n) is 1.94. The summed E-state index contributed by atoms with van der Waals surface area (Å²) in [5.41, 5.74) is 7.09. The molecule has 3 rings (SSSR count). The third kappa shape index (κ3) is 3.21. The van der Waals surface area contributed by atoms with Crippen LogP contribution in [0.25, 0.3) is 0 Å². The summed E-state index contributed by atoms with van der Waals surface area (Å²) in [6.07, 6.45) is 3.11. The first kappa shape index (κ1) is 13.8. The maximum Gasteiger partial charge on any atom is 0.232 e. The third-order valence-electron chi connectivity index (χ3n) is 2.96. The zero-order valence-corrected chi connectivity index (χ0v) is 11.1. The van der Waals surface area contributed by atoms with E-state index in [0.29, 0.717) is 24.6 Å². The zero-order chi connectivity index (χ0) is 12.4. The molecule has 1 aliphatic heterocycles. The Bertz CT molecular complexity index is 523. The molecule has 2 aromatic rings. The standard InChI is InChI=1S/C12H14N4O2.ClH/c13-9-1-2-10(14-6-9)5-11-15-12(16-18-11)8-3-4-17-7-8;/h1-2,6,8H,3-5,7,13H2;1H. The fraction of sp³-hybridized carbons (Fsp3) is 0.417. The number of anilines is 1. The van der Waals surface area contributed by atoms with E-state index in [1.807, 2.05) is 12.1 Å². The molecule has 6 nitrogen and oxygen atoms in total. The van der Waals surface area contributed by atoms with Gasteiger partial charge in [-0.05, 0) is 18.6 Å². The predicted octanol–water partition coefficient (Wildman–Crippen LogP) is 1.56. The number of pyridine rings is 1. The molecule has 102 valence electrons. The summed E-state index contributed by atoms with van der Waals surface area (Å²) >= 11 is 0. The Balaban J connectivity index is 0.00000133. The first-order valence-electron chi connectivity index (χ1n) is 5.92. The maximum absolute atomic E-state index is 5.58. The van der Waals surface area contributed by atoms with Crippen LogP contribution in [-0.4, -0.2) is 28.3 Å². The van der Waals surface area contributed by atoms with Crippen molar-refractivity contribution in [2.75, 3.05) is 18.9 Å². The number of hydrogen-bond acceptors (Lipinski definition) is 6. The molecule has 1 atom stereocenters. The van der Waals surface area contributed by atoms with Crippen molar-refractivity contribution in [2.45, 2.75) is 18.8 Å². The van der Waals surface area contributed by atoms with Gasteiger partial charge in [-0.3, -0.25) is 4.98 Å². The van der Waals surface area contributed by atoms with Gasteiger partial charge in [0.05, 0.1) is 24.9 Å². The summed E-state index contributed by atoms with van der Waals surface area (Å²) in [4.78, 5) is 8.58. The van der Waals surface area contributed by atoms with E-state index in [-0.39, 0.29) is 18.3 Å². The van der Waals surface area contributed by atoms with E-state index < -0.39 is 0 Å². The topological polar surface area (TPSA) is 87.1 Å². The largest absolute Gasteiger partial charge is 0.397 e. The Hall–Kier alpha value is -1.66. The molecule has 0 aromatic carbocycles. The smallest absolute Gasteiger partial charge is 0.232 e. The van der Waals surface area contributed by atoms with E-state index >= 15 is 0 Å². The number of ether oxygens (including phenoxy) is 1. The molecule has 1 saturated heterocycles. The fourth-order valence-corrected chi connectivity index (χ4v) is 1.94. The molecular formula is C12H15ClN4O2. The van der Waals surface area contributed by atoms with Crippen LogP contribution in [0.2, 0.25) is 0 Å². The van der Waals surface area contributed by atoms with Gasteiger partial charge in [-0.25, -0.2) is 0 Å². The average Bonchev–Trinajstić information content (AvgIpc) is 3.02. The second-order valence-electron chi connectivity index (χ2n) is 4.37. The molecule has 0 radical (unpaired) electrons. The quantitative estimate of drug-likeness (QED) is 0.919. The van der Waals surface area contributed by atoms with Gasteiger partial charge in [0.25, 0.3) is 0 Å². The molecular weight excluding hydrogens is 268 g/mol. The van der Waals surface area contributed by atoms with Gasteiger partial charge < -0.3 is 15.0 Å². The molecule has 0 amide bonds. The summed E-state index contributed by atoms with van der Waals surface area (Å²) in [5.74, 6) is 1.58. The minimum atomic E-state index is 0. The van der Waals surface area contributed by atoms with Crippen LogP contribution in [0, 0.1) is 0 Å². The van der Waals surface area contributed by atoms with Crippen molar-refractivity contribution < 1.29 is 9.26 Å². The lowest BCUT2D eigenvalue weighted by molar-refractivity contribution is 0.192. The van der Waals surface area contributed by atoms with Gasteiger partial charge in [-0.2, -0.15) is 4.98 Å². The van der Waals surface area contributed by atoms with Crippen LogP contribution in [0.1, 0.15) is 29.7 Å². The molecule has 2 aromatic heterocycles. The highest BCUT2D eigenvalue weighted by atomic mass is 35.5. The number of hydrogen-bond donors (Lipinski definition) is 1. The molecule has 7 heteroatoms. The van der Waals surface area contributed by atoms with Crippen molar-refractivity contribution in [2.24, 2.45) is 0 Å². The first-order valence-corrected chi connectivity index (χ1v) is 5.92. The monoisotopic (exact) mass is 282 g/mol. The van der Waals surface area contributed by atoms with Crippen LogP contribution in [0.4, 0.5) is 5.69 Å². The molecule has 1 aliphatic rings. The van der Waals surface area contributed by atoms with Crippen molar-refractivity contribution in [1.29, 1.82) is 0 Å². The summed E-state index contributed by atoms with van der Waals surface area (Å²) < 4.78 is 10.5. The van der Waals surface area contributed by atoms with Crippen molar-refractivity contribution in [1.82, 2.24) is 15.1 Å². The molecule has 0 spiro atoms. The number of aromatic nitrogens is 3. The summed E-state index contributed by atoms with van der Waals surface area (Å²) in [6.45, 7) is 1.45. The maximum atomic E-state index is 5.58. The highest BCUT2D eigenvalue weighted by Crippen LogP contribution is 2.22. The van der Waals surface area contributed by atoms with E-state index in [1.165, 1.54) is 0 Å². The lowest BCUT2D eigenvalue weighted by atomic mass is 10.1. The first-order chi connectivity index (χ1) is 8.81. The minimum absolute atomic E-state index is 0. The van der Waals surface area contributed by atoms with E-state index in [1.54, 1.807) is 6.20 Å². The second kappa shape index (κ2) is 5.99. The lowest BCUT2D eigenvalue weighted by Crippen LogP contribution is -2.00. The van der Waals surface area contributed by atoms with E-state index in [4.69, 9.17) is 15.0 Å². The highest BCUT2D eigenvalue weighted by molar-refractivity contribution is 5.85. The Kier molecular flexibility index (Phi) is 4.34. The number of nitrogen functional groups attached to an aromatic ring is 1. The second-order valence-corrected chi connectivity index (χ2v) is 4.37. The van der Waals surface area contributed by atoms with E-state index in [2.05, 4.69) is 15.1 Å². The van der Waals surface area contributed by atoms with Gasteiger partial charge in [0.1, 0.15) is 0 Å². The van der Waals surface area contributed by atoms with E-state index in [9.17, 15) is 0 Å². The van der Waals surface area contributed by atoms with Crippen LogP contribution < -0.4 is 5.73 Å². The summed E-state index contributed by atoms with van der Waals surface area (Å²) in [6, 6.07) is 3.67. The number of rotatable bonds is 3. The Morgan fingerprint density at radius 1 is 1.37 bits per heavy atom. The molecule has 2 N–H and O–H groups in total. The molecule has 0 bridgehead atoms. The van der Waals surface area contributed by atoms with Crippen molar-refractivity contribution in [3.05, 3.63) is 35.7 Å². The Morgan fingerprint density at radius 2 is 2.26 bits per heavy atom. The summed E-state index contributed by atoms with van der Waals surface area (Å²) in [5, 5.41) is 3.99. The number of nitrogens with zero attached hydrogens (tertiary/aromatic N) is 3. The van der Waals surface area contributed by atoms with Gasteiger partial charge in [-0.1, -0.05) is 5.16 Å². The predicted molar refractivity (Wildman–Crippen MR) is 71.2 cm³/mol. The molecule has 1 fully saturated rings. The Labute approximate surface area is 116 Å². The zero-order valence-electron chi connectivity index (χ0n) is 10.3. The Morgan fingerprint density at radius 3 is 2.95 bits per heavy atom. The number of nitrogens with two attached hydrogens (primary N) is 1. The van der Waals surface area contributed by atoms with Gasteiger partial charge in [-0.15, -0.1) is 12.4 Å². The lowest BCUT2D eigenvalue weighted by Gasteiger charge is -1.98. The van der Waals surface area contributed by atoms with Crippen molar-refractivity contribution >= 4 is 18.1 Å². The van der Waals surface area contributed by atoms with Crippen LogP contribution in [-0.2, 0) is 11.2 Å². The van der Waals surface area contributed by atoms with Gasteiger partial charge in [0.15, 0.2) is 5.82 Å². The van der Waals surface area contributed by atoms with Gasteiger partial charge in [0, 0.05) is 18.2 Å². The molecule has 0 aliphatic carbocycles. The molecule has 1 unspecified atom stereocenters. The normalized spacial score (nSPS) is 18.2. The van der Waals surface area contributed by atoms with Gasteiger partial charge in [0.2, 0.25) is 5.89 Å². The van der Waals surface area contributed by atoms with Crippen LogP contribution in [0.5, 0.6) is 0 Å². The summed E-state index contributed by atoms with van der Waals surface area (Å²) in [7, 11) is 0. The van der Waals surface area contributed by atoms with Gasteiger partial charge >= 0.3 is 0 Å². The van der Waals surface area contributed by atoms with Crippen molar-refractivity contribution in [3.63, 3.8) is 0 Å². The van der Waals surface area contributed by atoms with E-state index in [0.717, 1.165) is 24.5 Å². The number of halogens is 1. The van der Waals surface area contributed by atoms with Crippen molar-refractivity contribution in [3.8, 4) is 0 Å². The SMILES string of the molecule is Cl.Nc1ccc(Cc2nc(C3CCOC3)no2)nc1. The van der Waals surface area contributed by atoms with Crippen LogP contribution >= 0.6 is 12.4 Å². The molecule has 0 saturated carbocycles. The van der Waals surface area contributed by atoms with Crippen LogP contribution in [0.3, 0.4) is 0 Å². The highest BCUT2D eigenvalue weighted by Gasteiger charge is 2.23. The third-order valence-corrected chi connectivity index (χ3v) is 2.96. The average molecular weight is 283 g/mol.